The largest absolute Gasteiger partial charge is 0.480 e. The van der Waals surface area contributed by atoms with Crippen LogP contribution >= 0.6 is 0 Å². The molecule has 2 atom stereocenters. The highest BCUT2D eigenvalue weighted by molar-refractivity contribution is 5.73. The topological polar surface area (TPSA) is 88.0 Å². The van der Waals surface area contributed by atoms with Crippen LogP contribution in [0.15, 0.2) is 0 Å². The molecule has 0 saturated heterocycles. The van der Waals surface area contributed by atoms with Crippen molar-refractivity contribution in [1.82, 2.24) is 5.32 Å². The average Bonchev–Trinajstić information content (AvgIpc) is 1.99. The van der Waals surface area contributed by atoms with E-state index in [0.29, 0.717) is 0 Å². The smallest absolute Gasteiger partial charge is 0.323 e. The molecule has 3 N–H and O–H groups in total. The number of carboxylic acids is 1. The van der Waals surface area contributed by atoms with E-state index < -0.39 is 24.0 Å². The van der Waals surface area contributed by atoms with Crippen LogP contribution in [0.2, 0.25) is 0 Å². The maximum absolute atomic E-state index is 10.7. The summed E-state index contributed by atoms with van der Waals surface area (Å²) in [5.74, 6) is -1.10. The van der Waals surface area contributed by atoms with E-state index in [4.69, 9.17) is 9.84 Å². The second-order valence-electron chi connectivity index (χ2n) is 4.10. The van der Waals surface area contributed by atoms with Crippen molar-refractivity contribution in [1.29, 1.82) is 0 Å². The molecule has 2 unspecified atom stereocenters. The van der Waals surface area contributed by atoms with Gasteiger partial charge in [0.05, 0.1) is 12.2 Å². The van der Waals surface area contributed by atoms with Gasteiger partial charge in [0.25, 0.3) is 0 Å². The highest BCUT2D eigenvalue weighted by Crippen LogP contribution is 2.08. The Morgan fingerprint density at radius 1 is 1.47 bits per heavy atom. The molecule has 0 aromatic rings. The van der Waals surface area contributed by atoms with Crippen LogP contribution in [0.5, 0.6) is 0 Å². The third-order valence-electron chi connectivity index (χ3n) is 1.44. The number of carboxylic acid groups (broad SMARTS) is 1. The number of methoxy groups -OCH3 is 1. The highest BCUT2D eigenvalue weighted by atomic mass is 16.6. The van der Waals surface area contributed by atoms with Gasteiger partial charge < -0.3 is 19.7 Å². The number of carbonyl (C=O) groups is 1. The Balaban J connectivity index is 4.11. The van der Waals surface area contributed by atoms with Crippen LogP contribution in [0.4, 0.5) is 0 Å². The van der Waals surface area contributed by atoms with E-state index in [1.54, 1.807) is 20.8 Å². The molecule has 0 aliphatic carbocycles. The maximum atomic E-state index is 10.7. The molecule has 0 aliphatic rings. The Hall–Kier alpha value is -0.690. The van der Waals surface area contributed by atoms with E-state index in [0.717, 1.165) is 0 Å². The lowest BCUT2D eigenvalue weighted by atomic mass is 10.2. The van der Waals surface area contributed by atoms with E-state index in [2.05, 4.69) is 10.1 Å². The van der Waals surface area contributed by atoms with Crippen LogP contribution in [0.25, 0.3) is 0 Å². The Bertz CT molecular complexity index is 201. The molecule has 6 nitrogen and oxygen atoms in total. The molecule has 0 aliphatic heterocycles. The second kappa shape index (κ2) is 6.02. The van der Waals surface area contributed by atoms with E-state index in [-0.39, 0.29) is 6.61 Å². The fraction of sp³-hybridized carbons (Fsp3) is 0.889. The Morgan fingerprint density at radius 2 is 2.00 bits per heavy atom. The van der Waals surface area contributed by atoms with Gasteiger partial charge in [-0.3, -0.25) is 10.1 Å². The third kappa shape index (κ3) is 7.26. The van der Waals surface area contributed by atoms with Crippen LogP contribution in [-0.4, -0.2) is 48.0 Å². The van der Waals surface area contributed by atoms with Gasteiger partial charge in [0.2, 0.25) is 6.41 Å². The van der Waals surface area contributed by atoms with Crippen LogP contribution in [0, 0.1) is 0 Å². The quantitative estimate of drug-likeness (QED) is 0.537. The summed E-state index contributed by atoms with van der Waals surface area (Å²) in [4.78, 5) is 10.7. The third-order valence-corrected chi connectivity index (χ3v) is 1.44. The summed E-state index contributed by atoms with van der Waals surface area (Å²) in [6.07, 6.45) is -1.33. The first-order chi connectivity index (χ1) is 6.76. The van der Waals surface area contributed by atoms with Gasteiger partial charge >= 0.3 is 5.97 Å². The van der Waals surface area contributed by atoms with Crippen molar-refractivity contribution >= 4 is 5.97 Å². The normalized spacial score (nSPS) is 16.1. The summed E-state index contributed by atoms with van der Waals surface area (Å²) >= 11 is 0. The maximum Gasteiger partial charge on any atom is 0.323 e. The van der Waals surface area contributed by atoms with E-state index in [1.807, 2.05) is 0 Å². The Morgan fingerprint density at radius 3 is 2.33 bits per heavy atom. The van der Waals surface area contributed by atoms with Crippen LogP contribution in [0.3, 0.4) is 0 Å². The molecule has 0 saturated carbocycles. The van der Waals surface area contributed by atoms with Gasteiger partial charge in [0.15, 0.2) is 0 Å². The predicted octanol–water partition coefficient (Wildman–Crippen LogP) is -0.233. The molecule has 6 heteroatoms. The SMILES string of the molecule is COCC(NC(O)OC(C)(C)C)C(=O)O. The van der Waals surface area contributed by atoms with Gasteiger partial charge in [-0.15, -0.1) is 0 Å². The summed E-state index contributed by atoms with van der Waals surface area (Å²) in [5.41, 5.74) is -0.553. The summed E-state index contributed by atoms with van der Waals surface area (Å²) in [7, 11) is 1.38. The molecule has 0 fully saturated rings. The highest BCUT2D eigenvalue weighted by Gasteiger charge is 2.23. The molecular formula is C9H19NO5. The zero-order valence-corrected chi connectivity index (χ0v) is 9.48. The van der Waals surface area contributed by atoms with Crippen LogP contribution in [-0.2, 0) is 14.3 Å². The number of aliphatic hydroxyl groups excluding tert-OH is 1. The molecule has 0 rings (SSSR count). The average molecular weight is 221 g/mol. The lowest BCUT2D eigenvalue weighted by Gasteiger charge is -2.26. The number of aliphatic hydroxyl groups is 1. The fourth-order valence-corrected chi connectivity index (χ4v) is 0.898. The molecule has 0 spiro atoms. The molecular weight excluding hydrogens is 202 g/mol. The van der Waals surface area contributed by atoms with Gasteiger partial charge in [-0.05, 0) is 20.8 Å². The predicted molar refractivity (Wildman–Crippen MR) is 53.3 cm³/mol. The number of nitrogens with one attached hydrogen (secondary N) is 1. The van der Waals surface area contributed by atoms with Crippen LogP contribution < -0.4 is 5.32 Å². The number of hydrogen-bond acceptors (Lipinski definition) is 5. The van der Waals surface area contributed by atoms with Crippen molar-refractivity contribution in [2.24, 2.45) is 0 Å². The van der Waals surface area contributed by atoms with E-state index >= 15 is 0 Å². The minimum absolute atomic E-state index is 0.0418. The lowest BCUT2D eigenvalue weighted by molar-refractivity contribution is -0.191. The van der Waals surface area contributed by atoms with E-state index in [1.165, 1.54) is 7.11 Å². The number of ether oxygens (including phenoxy) is 2. The zero-order valence-electron chi connectivity index (χ0n) is 9.48. The summed E-state index contributed by atoms with van der Waals surface area (Å²) < 4.78 is 9.78. The first-order valence-corrected chi connectivity index (χ1v) is 4.60. The summed E-state index contributed by atoms with van der Waals surface area (Å²) in [6.45, 7) is 5.22. The van der Waals surface area contributed by atoms with Gasteiger partial charge in [-0.25, -0.2) is 0 Å². The van der Waals surface area contributed by atoms with Gasteiger partial charge in [0, 0.05) is 7.11 Å². The number of aliphatic carboxylic acids is 1. The molecule has 0 amide bonds. The Labute approximate surface area is 89.2 Å². The molecule has 0 aromatic heterocycles. The molecule has 0 heterocycles. The summed E-state index contributed by atoms with van der Waals surface area (Å²) in [6, 6.07) is -0.993. The number of hydrogen-bond donors (Lipinski definition) is 3. The minimum Gasteiger partial charge on any atom is -0.480 e. The van der Waals surface area contributed by atoms with Crippen molar-refractivity contribution < 1.29 is 24.5 Å². The molecule has 0 radical (unpaired) electrons. The molecule has 0 aromatic carbocycles. The monoisotopic (exact) mass is 221 g/mol. The van der Waals surface area contributed by atoms with Gasteiger partial charge in [-0.1, -0.05) is 0 Å². The molecule has 15 heavy (non-hydrogen) atoms. The van der Waals surface area contributed by atoms with Gasteiger partial charge in [-0.2, -0.15) is 0 Å². The molecule has 90 valence electrons. The fourth-order valence-electron chi connectivity index (χ4n) is 0.898. The first-order valence-electron chi connectivity index (χ1n) is 4.60. The van der Waals surface area contributed by atoms with Crippen molar-refractivity contribution in [2.45, 2.75) is 38.8 Å². The van der Waals surface area contributed by atoms with Gasteiger partial charge in [0.1, 0.15) is 6.04 Å². The van der Waals surface area contributed by atoms with Crippen molar-refractivity contribution in [2.75, 3.05) is 13.7 Å². The first kappa shape index (κ1) is 14.3. The van der Waals surface area contributed by atoms with Crippen molar-refractivity contribution in [3.8, 4) is 0 Å². The lowest BCUT2D eigenvalue weighted by Crippen LogP contribution is -2.49. The number of rotatable bonds is 6. The summed E-state index contributed by atoms with van der Waals surface area (Å²) in [5, 5.41) is 20.5. The molecule has 0 bridgehead atoms. The van der Waals surface area contributed by atoms with Crippen molar-refractivity contribution in [3.63, 3.8) is 0 Å². The standard InChI is InChI=1S/C9H19NO5/c1-9(2,3)15-8(13)10-6(5-14-4)7(11)12/h6,8,10,13H,5H2,1-4H3,(H,11,12). The Kier molecular flexibility index (Phi) is 5.74. The minimum atomic E-state index is -1.33. The van der Waals surface area contributed by atoms with E-state index in [9.17, 15) is 9.90 Å². The van der Waals surface area contributed by atoms with Crippen LogP contribution in [0.1, 0.15) is 20.8 Å². The van der Waals surface area contributed by atoms with Crippen molar-refractivity contribution in [3.05, 3.63) is 0 Å². The second-order valence-corrected chi connectivity index (χ2v) is 4.10. The zero-order chi connectivity index (χ0) is 12.1.